The van der Waals surface area contributed by atoms with E-state index in [9.17, 15) is 18.0 Å². The summed E-state index contributed by atoms with van der Waals surface area (Å²) in [5.74, 6) is 0.750. The minimum absolute atomic E-state index is 0.0219. The molecule has 0 radical (unpaired) electrons. The van der Waals surface area contributed by atoms with Crippen LogP contribution in [0.1, 0.15) is 17.0 Å². The summed E-state index contributed by atoms with van der Waals surface area (Å²) in [6.45, 7) is 0. The van der Waals surface area contributed by atoms with E-state index in [-0.39, 0.29) is 12.1 Å². The van der Waals surface area contributed by atoms with Gasteiger partial charge in [-0.15, -0.1) is 0 Å². The summed E-state index contributed by atoms with van der Waals surface area (Å²) in [6, 6.07) is 14.2. The van der Waals surface area contributed by atoms with Crippen LogP contribution >= 0.6 is 0 Å². The Kier molecular flexibility index (Phi) is 5.84. The summed E-state index contributed by atoms with van der Waals surface area (Å²) < 4.78 is 43.9. The van der Waals surface area contributed by atoms with Crippen LogP contribution in [0.3, 0.4) is 0 Å². The molecular weight excluding hydrogens is 423 g/mol. The van der Waals surface area contributed by atoms with E-state index in [0.29, 0.717) is 23.0 Å². The van der Waals surface area contributed by atoms with Crippen LogP contribution in [0.4, 0.5) is 29.3 Å². The third-order valence-electron chi connectivity index (χ3n) is 4.46. The molecule has 0 saturated carbocycles. The number of hydrogen-bond acceptors (Lipinski definition) is 5. The fraction of sp³-hybridized carbons (Fsp3) is 0.0909. The Morgan fingerprint density at radius 3 is 2.53 bits per heavy atom. The van der Waals surface area contributed by atoms with Gasteiger partial charge in [-0.25, -0.2) is 4.79 Å². The van der Waals surface area contributed by atoms with Gasteiger partial charge in [-0.1, -0.05) is 29.4 Å². The number of hydrogen-bond donors (Lipinski definition) is 2. The Morgan fingerprint density at radius 1 is 0.969 bits per heavy atom. The molecule has 2 amide bonds. The van der Waals surface area contributed by atoms with Crippen LogP contribution in [-0.2, 0) is 12.6 Å². The monoisotopic (exact) mass is 439 g/mol. The molecule has 32 heavy (non-hydrogen) atoms. The van der Waals surface area contributed by atoms with Gasteiger partial charge in [0, 0.05) is 29.3 Å². The zero-order chi connectivity index (χ0) is 22.6. The number of pyridine rings is 1. The maximum Gasteiger partial charge on any atom is 0.416 e. The molecule has 0 bridgehead atoms. The minimum Gasteiger partial charge on any atom is -0.339 e. The molecule has 0 saturated heterocycles. The van der Waals surface area contributed by atoms with Crippen molar-refractivity contribution in [2.75, 3.05) is 10.6 Å². The number of rotatable bonds is 5. The molecule has 4 aromatic rings. The van der Waals surface area contributed by atoms with Crippen molar-refractivity contribution in [1.29, 1.82) is 0 Å². The van der Waals surface area contributed by atoms with Gasteiger partial charge in [-0.3, -0.25) is 4.98 Å². The van der Waals surface area contributed by atoms with E-state index in [1.54, 1.807) is 48.8 Å². The third-order valence-corrected chi connectivity index (χ3v) is 4.46. The van der Waals surface area contributed by atoms with Crippen LogP contribution in [0, 0.1) is 0 Å². The van der Waals surface area contributed by atoms with E-state index in [2.05, 4.69) is 25.8 Å². The van der Waals surface area contributed by atoms with E-state index >= 15 is 0 Å². The number of carbonyl (C=O) groups is 1. The normalized spacial score (nSPS) is 11.2. The Labute approximate surface area is 180 Å². The van der Waals surface area contributed by atoms with Gasteiger partial charge in [0.2, 0.25) is 11.7 Å². The molecule has 0 atom stereocenters. The number of para-hydroxylation sites is 1. The molecule has 0 aliphatic heterocycles. The average Bonchev–Trinajstić information content (AvgIpc) is 3.24. The van der Waals surface area contributed by atoms with Gasteiger partial charge < -0.3 is 15.2 Å². The second-order valence-corrected chi connectivity index (χ2v) is 6.74. The molecule has 2 aromatic carbocycles. The number of alkyl halides is 3. The number of halogens is 3. The SMILES string of the molecule is O=C(Nc1cccc(C(F)(F)F)c1)Nc1ccccc1Cc1nc(-c2ccncc2)no1. The highest BCUT2D eigenvalue weighted by atomic mass is 19.4. The highest BCUT2D eigenvalue weighted by Gasteiger charge is 2.30. The lowest BCUT2D eigenvalue weighted by atomic mass is 10.1. The first-order chi connectivity index (χ1) is 15.4. The Bertz CT molecular complexity index is 1230. The molecule has 10 heteroatoms. The number of amides is 2. The summed E-state index contributed by atoms with van der Waals surface area (Å²) in [5, 5.41) is 9.01. The average molecular weight is 439 g/mol. The van der Waals surface area contributed by atoms with Gasteiger partial charge in [0.15, 0.2) is 0 Å². The number of carbonyl (C=O) groups excluding carboxylic acids is 1. The van der Waals surface area contributed by atoms with Crippen LogP contribution in [0.2, 0.25) is 0 Å². The molecule has 0 aliphatic rings. The number of nitrogens with one attached hydrogen (secondary N) is 2. The molecule has 0 fully saturated rings. The standard InChI is InChI=1S/C22H16F3N5O2/c23-22(24,25)16-5-3-6-17(13-16)27-21(31)28-18-7-2-1-4-15(18)12-19-29-20(30-32-19)14-8-10-26-11-9-14/h1-11,13H,12H2,(H2,27,28,31). The zero-order valence-electron chi connectivity index (χ0n) is 16.4. The van der Waals surface area contributed by atoms with Crippen LogP contribution in [-0.4, -0.2) is 21.2 Å². The summed E-state index contributed by atoms with van der Waals surface area (Å²) in [7, 11) is 0. The lowest BCUT2D eigenvalue weighted by Crippen LogP contribution is -2.20. The Balaban J connectivity index is 1.46. The predicted octanol–water partition coefficient (Wildman–Crippen LogP) is 5.39. The lowest BCUT2D eigenvalue weighted by molar-refractivity contribution is -0.137. The molecule has 2 N–H and O–H groups in total. The smallest absolute Gasteiger partial charge is 0.339 e. The third kappa shape index (κ3) is 5.09. The Hall–Kier alpha value is -4.21. The summed E-state index contributed by atoms with van der Waals surface area (Å²) in [4.78, 5) is 20.7. The van der Waals surface area contributed by atoms with Crippen molar-refractivity contribution in [3.63, 3.8) is 0 Å². The maximum atomic E-state index is 12.9. The number of benzene rings is 2. The van der Waals surface area contributed by atoms with E-state index < -0.39 is 17.8 Å². The largest absolute Gasteiger partial charge is 0.416 e. The second kappa shape index (κ2) is 8.88. The lowest BCUT2D eigenvalue weighted by Gasteiger charge is -2.12. The van der Waals surface area contributed by atoms with Gasteiger partial charge >= 0.3 is 12.2 Å². The highest BCUT2D eigenvalue weighted by Crippen LogP contribution is 2.30. The molecule has 4 rings (SSSR count). The van der Waals surface area contributed by atoms with Crippen LogP contribution < -0.4 is 10.6 Å². The molecule has 0 aliphatic carbocycles. The van der Waals surface area contributed by atoms with E-state index in [1.165, 1.54) is 12.1 Å². The van der Waals surface area contributed by atoms with Crippen molar-refractivity contribution in [3.05, 3.63) is 90.1 Å². The minimum atomic E-state index is -4.50. The van der Waals surface area contributed by atoms with E-state index in [1.807, 2.05) is 0 Å². The van der Waals surface area contributed by atoms with Crippen molar-refractivity contribution in [2.24, 2.45) is 0 Å². The summed E-state index contributed by atoms with van der Waals surface area (Å²) >= 11 is 0. The number of aromatic nitrogens is 3. The number of nitrogens with zero attached hydrogens (tertiary/aromatic N) is 3. The molecule has 0 unspecified atom stereocenters. The van der Waals surface area contributed by atoms with E-state index in [4.69, 9.17) is 4.52 Å². The fourth-order valence-electron chi connectivity index (χ4n) is 2.96. The topological polar surface area (TPSA) is 92.9 Å². The number of urea groups is 1. The quantitative estimate of drug-likeness (QED) is 0.435. The molecule has 162 valence electrons. The first-order valence-electron chi connectivity index (χ1n) is 9.44. The second-order valence-electron chi connectivity index (χ2n) is 6.74. The van der Waals surface area contributed by atoms with Crippen molar-refractivity contribution < 1.29 is 22.5 Å². The zero-order valence-corrected chi connectivity index (χ0v) is 16.4. The first kappa shape index (κ1) is 21.0. The maximum absolute atomic E-state index is 12.9. The van der Waals surface area contributed by atoms with Gasteiger partial charge in [-0.2, -0.15) is 18.2 Å². The molecule has 2 aromatic heterocycles. The first-order valence-corrected chi connectivity index (χ1v) is 9.44. The van der Waals surface area contributed by atoms with Crippen LogP contribution in [0.25, 0.3) is 11.4 Å². The summed E-state index contributed by atoms with van der Waals surface area (Å²) in [6.07, 6.45) is -1.01. The number of anilines is 2. The Morgan fingerprint density at radius 2 is 1.75 bits per heavy atom. The van der Waals surface area contributed by atoms with Crippen molar-refractivity contribution >= 4 is 17.4 Å². The van der Waals surface area contributed by atoms with E-state index in [0.717, 1.165) is 17.7 Å². The van der Waals surface area contributed by atoms with Gasteiger partial charge in [-0.05, 0) is 42.0 Å². The van der Waals surface area contributed by atoms with Gasteiger partial charge in [0.1, 0.15) is 0 Å². The van der Waals surface area contributed by atoms with Crippen molar-refractivity contribution in [1.82, 2.24) is 15.1 Å². The van der Waals surface area contributed by atoms with Crippen LogP contribution in [0.5, 0.6) is 0 Å². The van der Waals surface area contributed by atoms with Crippen molar-refractivity contribution in [2.45, 2.75) is 12.6 Å². The molecular formula is C22H16F3N5O2. The fourth-order valence-corrected chi connectivity index (χ4v) is 2.96. The molecule has 2 heterocycles. The molecule has 0 spiro atoms. The van der Waals surface area contributed by atoms with Crippen molar-refractivity contribution in [3.8, 4) is 11.4 Å². The predicted molar refractivity (Wildman–Crippen MR) is 111 cm³/mol. The van der Waals surface area contributed by atoms with Gasteiger partial charge in [0.05, 0.1) is 12.0 Å². The highest BCUT2D eigenvalue weighted by molar-refractivity contribution is 6.00. The van der Waals surface area contributed by atoms with Gasteiger partial charge in [0.25, 0.3) is 0 Å². The van der Waals surface area contributed by atoms with Crippen LogP contribution in [0.15, 0.2) is 77.6 Å². The molecule has 7 nitrogen and oxygen atoms in total. The summed E-state index contributed by atoms with van der Waals surface area (Å²) in [5.41, 5.74) is 1.07.